The van der Waals surface area contributed by atoms with E-state index in [2.05, 4.69) is 5.18 Å². The second kappa shape index (κ2) is 3.57. The van der Waals surface area contributed by atoms with E-state index in [1.165, 1.54) is 0 Å². The average Bonchev–Trinajstić information content (AvgIpc) is 2.20. The standard InChI is InChI=1S/C12H13NO2/c1-7-6-10-9(4-3-5-11(10)14)8(2)12(7)13-15/h6H,3-5H2,1-2H3. The Morgan fingerprint density at radius 2 is 2.00 bits per heavy atom. The van der Waals surface area contributed by atoms with Gasteiger partial charge in [0.05, 0.1) is 0 Å². The van der Waals surface area contributed by atoms with Crippen LogP contribution in [0, 0.1) is 18.8 Å². The van der Waals surface area contributed by atoms with Gasteiger partial charge in [-0.1, -0.05) is 0 Å². The molecule has 0 unspecified atom stereocenters. The monoisotopic (exact) mass is 203 g/mol. The zero-order valence-corrected chi connectivity index (χ0v) is 8.96. The fourth-order valence-corrected chi connectivity index (χ4v) is 2.28. The zero-order chi connectivity index (χ0) is 11.0. The Bertz CT molecular complexity index is 449. The summed E-state index contributed by atoms with van der Waals surface area (Å²) in [5, 5.41) is 3.04. The molecule has 0 aliphatic heterocycles. The molecule has 15 heavy (non-hydrogen) atoms. The van der Waals surface area contributed by atoms with Gasteiger partial charge in [-0.25, -0.2) is 0 Å². The van der Waals surface area contributed by atoms with E-state index in [1.54, 1.807) is 6.07 Å². The quantitative estimate of drug-likeness (QED) is 0.658. The number of rotatable bonds is 1. The van der Waals surface area contributed by atoms with Gasteiger partial charge >= 0.3 is 0 Å². The summed E-state index contributed by atoms with van der Waals surface area (Å²) < 4.78 is 0. The molecular weight excluding hydrogens is 190 g/mol. The van der Waals surface area contributed by atoms with Crippen molar-refractivity contribution in [2.45, 2.75) is 33.1 Å². The van der Waals surface area contributed by atoms with Crippen molar-refractivity contribution >= 4 is 11.5 Å². The number of ketones is 1. The predicted octanol–water partition coefficient (Wildman–Crippen LogP) is 3.22. The Hall–Kier alpha value is -1.51. The molecule has 0 saturated carbocycles. The van der Waals surface area contributed by atoms with Gasteiger partial charge in [0, 0.05) is 12.0 Å². The van der Waals surface area contributed by atoms with Crippen molar-refractivity contribution in [3.63, 3.8) is 0 Å². The van der Waals surface area contributed by atoms with Crippen LogP contribution in [0.4, 0.5) is 5.69 Å². The van der Waals surface area contributed by atoms with Crippen LogP contribution in [0.3, 0.4) is 0 Å². The molecule has 0 aromatic heterocycles. The first kappa shape index (κ1) is 10.0. The van der Waals surface area contributed by atoms with Gasteiger partial charge in [-0.3, -0.25) is 4.79 Å². The van der Waals surface area contributed by atoms with Gasteiger partial charge < -0.3 is 0 Å². The van der Waals surface area contributed by atoms with Crippen molar-refractivity contribution < 1.29 is 4.79 Å². The van der Waals surface area contributed by atoms with Gasteiger partial charge in [0.15, 0.2) is 5.78 Å². The normalized spacial score (nSPS) is 14.9. The molecule has 3 heteroatoms. The van der Waals surface area contributed by atoms with Gasteiger partial charge in [-0.05, 0) is 54.6 Å². The van der Waals surface area contributed by atoms with Gasteiger partial charge in [0.2, 0.25) is 0 Å². The first-order valence-corrected chi connectivity index (χ1v) is 5.14. The lowest BCUT2D eigenvalue weighted by atomic mass is 9.85. The molecule has 78 valence electrons. The van der Waals surface area contributed by atoms with Crippen LogP contribution in [0.2, 0.25) is 0 Å². The van der Waals surface area contributed by atoms with Crippen LogP contribution in [0.25, 0.3) is 0 Å². The number of aryl methyl sites for hydroxylation is 1. The Kier molecular flexibility index (Phi) is 2.39. The van der Waals surface area contributed by atoms with Gasteiger partial charge in [0.25, 0.3) is 0 Å². The third-order valence-electron chi connectivity index (χ3n) is 3.09. The zero-order valence-electron chi connectivity index (χ0n) is 8.96. The van der Waals surface area contributed by atoms with Crippen LogP contribution < -0.4 is 0 Å². The van der Waals surface area contributed by atoms with Crippen molar-refractivity contribution in [1.82, 2.24) is 0 Å². The summed E-state index contributed by atoms with van der Waals surface area (Å²) in [6.07, 6.45) is 2.39. The van der Waals surface area contributed by atoms with Gasteiger partial charge in [-0.15, -0.1) is 4.91 Å². The minimum absolute atomic E-state index is 0.194. The summed E-state index contributed by atoms with van der Waals surface area (Å²) in [6.45, 7) is 3.70. The highest BCUT2D eigenvalue weighted by molar-refractivity contribution is 5.99. The summed E-state index contributed by atoms with van der Waals surface area (Å²) in [6, 6.07) is 1.81. The van der Waals surface area contributed by atoms with E-state index in [0.717, 1.165) is 35.1 Å². The summed E-state index contributed by atoms with van der Waals surface area (Å²) in [5.74, 6) is 0.194. The predicted molar refractivity (Wildman–Crippen MR) is 58.6 cm³/mol. The van der Waals surface area contributed by atoms with Crippen molar-refractivity contribution in [1.29, 1.82) is 0 Å². The topological polar surface area (TPSA) is 46.5 Å². The molecule has 1 aromatic rings. The number of nitrogens with zero attached hydrogens (tertiary/aromatic N) is 1. The van der Waals surface area contributed by atoms with Crippen LogP contribution in [-0.2, 0) is 6.42 Å². The molecule has 2 rings (SSSR count). The molecule has 0 saturated heterocycles. The highest BCUT2D eigenvalue weighted by Gasteiger charge is 2.21. The van der Waals surface area contributed by atoms with Crippen molar-refractivity contribution in [3.05, 3.63) is 33.2 Å². The molecule has 3 nitrogen and oxygen atoms in total. The summed E-state index contributed by atoms with van der Waals surface area (Å²) in [4.78, 5) is 22.4. The Labute approximate surface area is 88.5 Å². The fraction of sp³-hybridized carbons (Fsp3) is 0.417. The number of benzene rings is 1. The number of hydrogen-bond acceptors (Lipinski definition) is 3. The van der Waals surface area contributed by atoms with Crippen LogP contribution in [0.5, 0.6) is 0 Å². The maximum absolute atomic E-state index is 11.7. The van der Waals surface area contributed by atoms with E-state index in [1.807, 2.05) is 13.8 Å². The smallest absolute Gasteiger partial charge is 0.163 e. The fourth-order valence-electron chi connectivity index (χ4n) is 2.28. The Morgan fingerprint density at radius 3 is 2.67 bits per heavy atom. The number of fused-ring (bicyclic) bond motifs is 1. The number of carbonyl (C=O) groups excluding carboxylic acids is 1. The van der Waals surface area contributed by atoms with Crippen LogP contribution in [0.15, 0.2) is 11.2 Å². The lowest BCUT2D eigenvalue weighted by Crippen LogP contribution is -2.12. The molecule has 0 amide bonds. The lowest BCUT2D eigenvalue weighted by Gasteiger charge is -2.18. The molecule has 0 heterocycles. The van der Waals surface area contributed by atoms with Crippen molar-refractivity contribution in [2.75, 3.05) is 0 Å². The van der Waals surface area contributed by atoms with E-state index in [9.17, 15) is 9.70 Å². The van der Waals surface area contributed by atoms with E-state index >= 15 is 0 Å². The maximum Gasteiger partial charge on any atom is 0.163 e. The molecule has 1 aliphatic rings. The third kappa shape index (κ3) is 1.48. The summed E-state index contributed by atoms with van der Waals surface area (Å²) in [7, 11) is 0. The molecule has 0 N–H and O–H groups in total. The molecule has 1 aliphatic carbocycles. The van der Waals surface area contributed by atoms with E-state index in [4.69, 9.17) is 0 Å². The molecule has 0 fully saturated rings. The van der Waals surface area contributed by atoms with Gasteiger partial charge in [-0.2, -0.15) is 0 Å². The molecular formula is C12H13NO2. The second-order valence-corrected chi connectivity index (χ2v) is 4.06. The molecule has 0 bridgehead atoms. The number of Topliss-reactive ketones (excluding diaryl/α,β-unsaturated/α-hetero) is 1. The first-order chi connectivity index (χ1) is 7.15. The molecule has 0 spiro atoms. The summed E-state index contributed by atoms with van der Waals surface area (Å²) in [5.41, 5.74) is 4.00. The summed E-state index contributed by atoms with van der Waals surface area (Å²) >= 11 is 0. The van der Waals surface area contributed by atoms with E-state index in [0.29, 0.717) is 12.1 Å². The van der Waals surface area contributed by atoms with Crippen molar-refractivity contribution in [3.8, 4) is 0 Å². The Balaban J connectivity index is 2.71. The number of nitroso groups, excluding NO2 is 1. The van der Waals surface area contributed by atoms with Crippen LogP contribution in [0.1, 0.15) is 39.9 Å². The van der Waals surface area contributed by atoms with Gasteiger partial charge in [0.1, 0.15) is 5.69 Å². The largest absolute Gasteiger partial charge is 0.294 e. The molecule has 1 aromatic carbocycles. The van der Waals surface area contributed by atoms with E-state index in [-0.39, 0.29) is 5.78 Å². The van der Waals surface area contributed by atoms with Crippen LogP contribution >= 0.6 is 0 Å². The third-order valence-corrected chi connectivity index (χ3v) is 3.09. The highest BCUT2D eigenvalue weighted by Crippen LogP contribution is 2.33. The minimum Gasteiger partial charge on any atom is -0.294 e. The highest BCUT2D eigenvalue weighted by atomic mass is 16.3. The number of hydrogen-bond donors (Lipinski definition) is 0. The molecule has 0 radical (unpaired) electrons. The van der Waals surface area contributed by atoms with E-state index < -0.39 is 0 Å². The first-order valence-electron chi connectivity index (χ1n) is 5.14. The Morgan fingerprint density at radius 1 is 1.27 bits per heavy atom. The van der Waals surface area contributed by atoms with Crippen LogP contribution in [-0.4, -0.2) is 5.78 Å². The minimum atomic E-state index is 0.194. The second-order valence-electron chi connectivity index (χ2n) is 4.06. The SMILES string of the molecule is Cc1cc2c(c(C)c1N=O)CCCC2=O. The molecule has 0 atom stereocenters. The van der Waals surface area contributed by atoms with Crippen molar-refractivity contribution in [2.24, 2.45) is 5.18 Å². The maximum atomic E-state index is 11.7. The average molecular weight is 203 g/mol. The lowest BCUT2D eigenvalue weighted by molar-refractivity contribution is 0.0972. The number of carbonyl (C=O) groups is 1.